The van der Waals surface area contributed by atoms with Crippen LogP contribution in [0.2, 0.25) is 5.15 Å². The minimum Gasteiger partial charge on any atom is -0.382 e. The molecule has 114 valence electrons. The molecule has 0 radical (unpaired) electrons. The van der Waals surface area contributed by atoms with Crippen molar-refractivity contribution in [3.05, 3.63) is 47.1 Å². The SMILES string of the molecule is CC(C)c1nnc2c(NCCc3ccncc3)cc(Cl)nn12. The zero-order valence-corrected chi connectivity index (χ0v) is 13.2. The standard InChI is InChI=1S/C15H17ClN6/c1-10(2)14-19-20-15-12(9-13(16)21-22(14)15)18-8-5-11-3-6-17-7-4-11/h3-4,6-7,9-10,18H,5,8H2,1-2H3. The van der Waals surface area contributed by atoms with Gasteiger partial charge in [-0.1, -0.05) is 25.4 Å². The van der Waals surface area contributed by atoms with E-state index in [1.165, 1.54) is 5.56 Å². The Bertz CT molecular complexity index is 768. The van der Waals surface area contributed by atoms with E-state index in [1.807, 2.05) is 12.1 Å². The molecule has 3 aromatic rings. The number of anilines is 1. The lowest BCUT2D eigenvalue weighted by Crippen LogP contribution is -2.08. The van der Waals surface area contributed by atoms with Crippen LogP contribution >= 0.6 is 11.6 Å². The topological polar surface area (TPSA) is 68.0 Å². The van der Waals surface area contributed by atoms with Gasteiger partial charge in [-0.2, -0.15) is 9.61 Å². The normalized spacial score (nSPS) is 11.3. The molecule has 0 fully saturated rings. The summed E-state index contributed by atoms with van der Waals surface area (Å²) in [4.78, 5) is 4.02. The summed E-state index contributed by atoms with van der Waals surface area (Å²) in [6, 6.07) is 5.79. The van der Waals surface area contributed by atoms with Gasteiger partial charge in [0.05, 0.1) is 5.69 Å². The van der Waals surface area contributed by atoms with Crippen LogP contribution in [0.1, 0.15) is 31.2 Å². The molecule has 3 aromatic heterocycles. The van der Waals surface area contributed by atoms with Crippen molar-refractivity contribution >= 4 is 22.9 Å². The van der Waals surface area contributed by atoms with Crippen LogP contribution in [0.3, 0.4) is 0 Å². The number of fused-ring (bicyclic) bond motifs is 1. The van der Waals surface area contributed by atoms with Crippen molar-refractivity contribution in [3.8, 4) is 0 Å². The number of halogens is 1. The highest BCUT2D eigenvalue weighted by Crippen LogP contribution is 2.21. The average Bonchev–Trinajstić information content (AvgIpc) is 2.92. The third kappa shape index (κ3) is 3.01. The molecule has 6 nitrogen and oxygen atoms in total. The van der Waals surface area contributed by atoms with Crippen molar-refractivity contribution < 1.29 is 0 Å². The molecule has 0 unspecified atom stereocenters. The molecule has 0 saturated carbocycles. The van der Waals surface area contributed by atoms with Crippen molar-refractivity contribution in [2.75, 3.05) is 11.9 Å². The summed E-state index contributed by atoms with van der Waals surface area (Å²) in [6.07, 6.45) is 4.48. The second kappa shape index (κ2) is 6.27. The second-order valence-corrected chi connectivity index (χ2v) is 5.75. The van der Waals surface area contributed by atoms with Gasteiger partial charge < -0.3 is 5.32 Å². The van der Waals surface area contributed by atoms with E-state index in [9.17, 15) is 0 Å². The Morgan fingerprint density at radius 3 is 2.73 bits per heavy atom. The number of rotatable bonds is 5. The molecule has 22 heavy (non-hydrogen) atoms. The summed E-state index contributed by atoms with van der Waals surface area (Å²) < 4.78 is 1.71. The molecule has 0 aliphatic carbocycles. The molecule has 1 N–H and O–H groups in total. The number of hydrogen-bond acceptors (Lipinski definition) is 5. The fourth-order valence-electron chi connectivity index (χ4n) is 2.25. The van der Waals surface area contributed by atoms with E-state index in [-0.39, 0.29) is 5.92 Å². The number of nitrogens with one attached hydrogen (secondary N) is 1. The molecule has 0 saturated heterocycles. The quantitative estimate of drug-likeness (QED) is 0.783. The average molecular weight is 317 g/mol. The van der Waals surface area contributed by atoms with Crippen LogP contribution in [0, 0.1) is 0 Å². The molecule has 0 aliphatic rings. The highest BCUT2D eigenvalue weighted by Gasteiger charge is 2.14. The van der Waals surface area contributed by atoms with Gasteiger partial charge in [0.25, 0.3) is 0 Å². The van der Waals surface area contributed by atoms with E-state index in [0.717, 1.165) is 24.5 Å². The zero-order chi connectivity index (χ0) is 15.5. The number of nitrogens with zero attached hydrogens (tertiary/aromatic N) is 5. The first kappa shape index (κ1) is 14.7. The first-order valence-electron chi connectivity index (χ1n) is 7.20. The van der Waals surface area contributed by atoms with Gasteiger partial charge in [0, 0.05) is 30.9 Å². The Hall–Kier alpha value is -2.21. The van der Waals surface area contributed by atoms with E-state index in [1.54, 1.807) is 23.0 Å². The van der Waals surface area contributed by atoms with E-state index >= 15 is 0 Å². The van der Waals surface area contributed by atoms with Gasteiger partial charge in [0.2, 0.25) is 5.65 Å². The fourth-order valence-corrected chi connectivity index (χ4v) is 2.43. The van der Waals surface area contributed by atoms with Gasteiger partial charge in [-0.25, -0.2) is 0 Å². The van der Waals surface area contributed by atoms with Crippen molar-refractivity contribution in [2.45, 2.75) is 26.2 Å². The molecule has 0 aromatic carbocycles. The lowest BCUT2D eigenvalue weighted by atomic mass is 10.2. The maximum Gasteiger partial charge on any atom is 0.201 e. The van der Waals surface area contributed by atoms with E-state index in [2.05, 4.69) is 39.4 Å². The fraction of sp³-hybridized carbons (Fsp3) is 0.333. The van der Waals surface area contributed by atoms with Gasteiger partial charge in [0.1, 0.15) is 0 Å². The van der Waals surface area contributed by atoms with Gasteiger partial charge in [-0.15, -0.1) is 10.2 Å². The second-order valence-electron chi connectivity index (χ2n) is 5.36. The van der Waals surface area contributed by atoms with Crippen LogP contribution < -0.4 is 5.32 Å². The van der Waals surface area contributed by atoms with Gasteiger partial charge >= 0.3 is 0 Å². The summed E-state index contributed by atoms with van der Waals surface area (Å²) in [7, 11) is 0. The van der Waals surface area contributed by atoms with E-state index < -0.39 is 0 Å². The largest absolute Gasteiger partial charge is 0.382 e. The molecule has 0 spiro atoms. The molecule has 3 rings (SSSR count). The summed E-state index contributed by atoms with van der Waals surface area (Å²) in [6.45, 7) is 4.87. The van der Waals surface area contributed by atoms with Crippen molar-refractivity contribution in [1.82, 2.24) is 24.8 Å². The van der Waals surface area contributed by atoms with Crippen molar-refractivity contribution in [3.63, 3.8) is 0 Å². The smallest absolute Gasteiger partial charge is 0.201 e. The van der Waals surface area contributed by atoms with Crippen LogP contribution in [-0.4, -0.2) is 31.3 Å². The maximum absolute atomic E-state index is 6.12. The van der Waals surface area contributed by atoms with Gasteiger partial charge in [0.15, 0.2) is 11.0 Å². The van der Waals surface area contributed by atoms with Gasteiger partial charge in [-0.05, 0) is 24.1 Å². The molecule has 0 amide bonds. The number of pyridine rings is 1. The summed E-state index contributed by atoms with van der Waals surface area (Å²) in [5, 5.41) is 16.5. The molecule has 0 bridgehead atoms. The Kier molecular flexibility index (Phi) is 4.20. The van der Waals surface area contributed by atoms with Crippen LogP contribution in [0.4, 0.5) is 5.69 Å². The predicted molar refractivity (Wildman–Crippen MR) is 86.3 cm³/mol. The molecular weight excluding hydrogens is 300 g/mol. The molecule has 0 atom stereocenters. The van der Waals surface area contributed by atoms with Gasteiger partial charge in [-0.3, -0.25) is 4.98 Å². The minimum atomic E-state index is 0.227. The predicted octanol–water partition coefficient (Wildman–Crippen LogP) is 2.95. The minimum absolute atomic E-state index is 0.227. The Balaban J connectivity index is 1.81. The van der Waals surface area contributed by atoms with Crippen LogP contribution in [0.25, 0.3) is 5.65 Å². The highest BCUT2D eigenvalue weighted by atomic mass is 35.5. The van der Waals surface area contributed by atoms with Crippen molar-refractivity contribution in [2.24, 2.45) is 0 Å². The maximum atomic E-state index is 6.12. The Morgan fingerprint density at radius 2 is 2.00 bits per heavy atom. The molecular formula is C15H17ClN6. The van der Waals surface area contributed by atoms with Crippen LogP contribution in [0.5, 0.6) is 0 Å². The third-order valence-electron chi connectivity index (χ3n) is 3.36. The van der Waals surface area contributed by atoms with Crippen LogP contribution in [-0.2, 0) is 6.42 Å². The zero-order valence-electron chi connectivity index (χ0n) is 12.5. The molecule has 3 heterocycles. The third-order valence-corrected chi connectivity index (χ3v) is 3.54. The first-order valence-corrected chi connectivity index (χ1v) is 7.57. The molecule has 7 heteroatoms. The number of aromatic nitrogens is 5. The highest BCUT2D eigenvalue weighted by molar-refractivity contribution is 6.29. The molecule has 0 aliphatic heterocycles. The first-order chi connectivity index (χ1) is 10.6. The summed E-state index contributed by atoms with van der Waals surface area (Å²) in [5.41, 5.74) is 2.76. The van der Waals surface area contributed by atoms with E-state index in [0.29, 0.717) is 10.8 Å². The summed E-state index contributed by atoms with van der Waals surface area (Å²) >= 11 is 6.12. The Labute approximate surface area is 133 Å². The van der Waals surface area contributed by atoms with Crippen molar-refractivity contribution in [1.29, 1.82) is 0 Å². The summed E-state index contributed by atoms with van der Waals surface area (Å²) in [5.74, 6) is 1.03. The number of hydrogen-bond donors (Lipinski definition) is 1. The lowest BCUT2D eigenvalue weighted by molar-refractivity contribution is 0.721. The lowest BCUT2D eigenvalue weighted by Gasteiger charge is -2.09. The van der Waals surface area contributed by atoms with Crippen LogP contribution in [0.15, 0.2) is 30.6 Å². The van der Waals surface area contributed by atoms with E-state index in [4.69, 9.17) is 11.6 Å². The monoisotopic (exact) mass is 316 g/mol. The Morgan fingerprint density at radius 1 is 1.23 bits per heavy atom.